The van der Waals surface area contributed by atoms with Crippen molar-refractivity contribution in [2.24, 2.45) is 5.73 Å². The molecule has 3 rings (SSSR count). The third kappa shape index (κ3) is 4.92. The standard InChI is InChI=1S/C20H23N5O2/c21-9-3-8-19(26)25-18(20(27)24-15-5-4-10-22-13-15)11-14-12-23-17-7-2-1-6-16(14)17/h1-2,4-7,10,12-13,18,23H,3,8-9,11,21H2,(H,24,27)(H,25,26). The number of nitrogens with two attached hydrogens (primary N) is 1. The molecule has 0 aliphatic carbocycles. The number of nitrogens with one attached hydrogen (secondary N) is 3. The summed E-state index contributed by atoms with van der Waals surface area (Å²) in [5.41, 5.74) is 8.02. The number of hydrogen-bond acceptors (Lipinski definition) is 4. The van der Waals surface area contributed by atoms with Gasteiger partial charge in [0.2, 0.25) is 11.8 Å². The van der Waals surface area contributed by atoms with Crippen LogP contribution >= 0.6 is 0 Å². The van der Waals surface area contributed by atoms with Gasteiger partial charge >= 0.3 is 0 Å². The number of aromatic amines is 1. The van der Waals surface area contributed by atoms with Crippen LogP contribution in [0.4, 0.5) is 5.69 Å². The normalized spacial score (nSPS) is 11.9. The second-order valence-corrected chi connectivity index (χ2v) is 6.31. The molecule has 1 unspecified atom stereocenters. The summed E-state index contributed by atoms with van der Waals surface area (Å²) in [5.74, 6) is -0.471. The van der Waals surface area contributed by atoms with Crippen LogP contribution < -0.4 is 16.4 Å². The van der Waals surface area contributed by atoms with Crippen molar-refractivity contribution >= 4 is 28.4 Å². The minimum Gasteiger partial charge on any atom is -0.361 e. The molecular formula is C20H23N5O2. The molecule has 2 heterocycles. The van der Waals surface area contributed by atoms with E-state index in [1.165, 1.54) is 0 Å². The summed E-state index contributed by atoms with van der Waals surface area (Å²) >= 11 is 0. The Morgan fingerprint density at radius 1 is 1.19 bits per heavy atom. The fourth-order valence-corrected chi connectivity index (χ4v) is 2.92. The monoisotopic (exact) mass is 365 g/mol. The molecule has 27 heavy (non-hydrogen) atoms. The molecule has 0 bridgehead atoms. The molecule has 0 spiro atoms. The number of carbonyl (C=O) groups is 2. The number of fused-ring (bicyclic) bond motifs is 1. The lowest BCUT2D eigenvalue weighted by Gasteiger charge is -2.18. The number of H-pyrrole nitrogens is 1. The SMILES string of the molecule is NCCCC(=O)NC(Cc1c[nH]c2ccccc12)C(=O)Nc1cccnc1. The predicted octanol–water partition coefficient (Wildman–Crippen LogP) is 1.97. The Labute approximate surface area is 157 Å². The van der Waals surface area contributed by atoms with Crippen LogP contribution in [0.3, 0.4) is 0 Å². The lowest BCUT2D eigenvalue weighted by molar-refractivity contribution is -0.126. The Bertz CT molecular complexity index is 907. The maximum absolute atomic E-state index is 12.8. The van der Waals surface area contributed by atoms with E-state index in [1.807, 2.05) is 30.5 Å². The van der Waals surface area contributed by atoms with Crippen molar-refractivity contribution in [1.29, 1.82) is 0 Å². The van der Waals surface area contributed by atoms with Crippen molar-refractivity contribution < 1.29 is 9.59 Å². The fraction of sp³-hybridized carbons (Fsp3) is 0.250. The molecule has 1 atom stereocenters. The van der Waals surface area contributed by atoms with Gasteiger partial charge in [0.1, 0.15) is 6.04 Å². The van der Waals surface area contributed by atoms with Crippen LogP contribution in [0, 0.1) is 0 Å². The van der Waals surface area contributed by atoms with Gasteiger partial charge in [0.15, 0.2) is 0 Å². The van der Waals surface area contributed by atoms with Crippen LogP contribution in [-0.2, 0) is 16.0 Å². The minimum atomic E-state index is -0.699. The third-order valence-electron chi connectivity index (χ3n) is 4.29. The van der Waals surface area contributed by atoms with Crippen molar-refractivity contribution in [2.45, 2.75) is 25.3 Å². The van der Waals surface area contributed by atoms with Crippen LogP contribution in [0.5, 0.6) is 0 Å². The molecular weight excluding hydrogens is 342 g/mol. The van der Waals surface area contributed by atoms with Crippen molar-refractivity contribution in [3.63, 3.8) is 0 Å². The molecule has 0 aliphatic rings. The number of anilines is 1. The summed E-state index contributed by atoms with van der Waals surface area (Å²) in [6, 6.07) is 10.7. The topological polar surface area (TPSA) is 113 Å². The van der Waals surface area contributed by atoms with Crippen LogP contribution in [0.1, 0.15) is 18.4 Å². The molecule has 7 heteroatoms. The average Bonchev–Trinajstić information content (AvgIpc) is 3.09. The number of nitrogens with zero attached hydrogens (tertiary/aromatic N) is 1. The van der Waals surface area contributed by atoms with Crippen molar-refractivity contribution in [3.05, 3.63) is 60.6 Å². The Morgan fingerprint density at radius 2 is 2.04 bits per heavy atom. The van der Waals surface area contributed by atoms with E-state index in [0.717, 1.165) is 16.5 Å². The number of carbonyl (C=O) groups excluding carboxylic acids is 2. The van der Waals surface area contributed by atoms with Crippen molar-refractivity contribution in [3.8, 4) is 0 Å². The smallest absolute Gasteiger partial charge is 0.247 e. The van der Waals surface area contributed by atoms with Crippen LogP contribution in [-0.4, -0.2) is 34.4 Å². The molecule has 0 saturated heterocycles. The average molecular weight is 365 g/mol. The zero-order valence-corrected chi connectivity index (χ0v) is 14.9. The zero-order chi connectivity index (χ0) is 19.1. The van der Waals surface area contributed by atoms with Crippen molar-refractivity contribution in [2.75, 3.05) is 11.9 Å². The Balaban J connectivity index is 1.78. The minimum absolute atomic E-state index is 0.188. The highest BCUT2D eigenvalue weighted by molar-refractivity contribution is 5.97. The van der Waals surface area contributed by atoms with E-state index in [2.05, 4.69) is 20.6 Å². The van der Waals surface area contributed by atoms with E-state index in [1.54, 1.807) is 24.5 Å². The molecule has 140 valence electrons. The first-order chi connectivity index (χ1) is 13.2. The van der Waals surface area contributed by atoms with Crippen LogP contribution in [0.15, 0.2) is 55.0 Å². The highest BCUT2D eigenvalue weighted by Gasteiger charge is 2.22. The van der Waals surface area contributed by atoms with E-state index < -0.39 is 6.04 Å². The molecule has 7 nitrogen and oxygen atoms in total. The fourth-order valence-electron chi connectivity index (χ4n) is 2.92. The lowest BCUT2D eigenvalue weighted by Crippen LogP contribution is -2.45. The van der Waals surface area contributed by atoms with Gasteiger partial charge in [0, 0.05) is 36.1 Å². The summed E-state index contributed by atoms with van der Waals surface area (Å²) < 4.78 is 0. The van der Waals surface area contributed by atoms with E-state index in [-0.39, 0.29) is 11.8 Å². The number of hydrogen-bond donors (Lipinski definition) is 4. The van der Waals surface area contributed by atoms with E-state index in [9.17, 15) is 9.59 Å². The molecule has 1 aromatic carbocycles. The molecule has 3 aromatic rings. The van der Waals surface area contributed by atoms with Gasteiger partial charge in [-0.25, -0.2) is 0 Å². The Hall–Kier alpha value is -3.19. The summed E-state index contributed by atoms with van der Waals surface area (Å²) in [4.78, 5) is 32.2. The van der Waals surface area contributed by atoms with Gasteiger partial charge in [0.25, 0.3) is 0 Å². The van der Waals surface area contributed by atoms with Gasteiger partial charge in [0.05, 0.1) is 11.9 Å². The van der Waals surface area contributed by atoms with E-state index >= 15 is 0 Å². The van der Waals surface area contributed by atoms with Gasteiger partial charge < -0.3 is 21.4 Å². The lowest BCUT2D eigenvalue weighted by atomic mass is 10.0. The first-order valence-corrected chi connectivity index (χ1v) is 8.92. The second kappa shape index (κ2) is 8.95. The molecule has 0 saturated carbocycles. The van der Waals surface area contributed by atoms with Crippen LogP contribution in [0.2, 0.25) is 0 Å². The summed E-state index contributed by atoms with van der Waals surface area (Å²) in [7, 11) is 0. The van der Waals surface area contributed by atoms with Gasteiger partial charge in [-0.2, -0.15) is 0 Å². The number of benzene rings is 1. The van der Waals surface area contributed by atoms with Gasteiger partial charge in [-0.3, -0.25) is 14.6 Å². The zero-order valence-electron chi connectivity index (χ0n) is 14.9. The number of aromatic nitrogens is 2. The number of para-hydroxylation sites is 1. The highest BCUT2D eigenvalue weighted by atomic mass is 16.2. The predicted molar refractivity (Wildman–Crippen MR) is 105 cm³/mol. The van der Waals surface area contributed by atoms with Gasteiger partial charge in [-0.1, -0.05) is 18.2 Å². The second-order valence-electron chi connectivity index (χ2n) is 6.31. The molecule has 5 N–H and O–H groups in total. The Kier molecular flexibility index (Phi) is 6.17. The molecule has 0 fully saturated rings. The summed E-state index contributed by atoms with van der Waals surface area (Å²) in [6.07, 6.45) is 6.33. The quantitative estimate of drug-likeness (QED) is 0.489. The third-order valence-corrected chi connectivity index (χ3v) is 4.29. The number of rotatable bonds is 8. The molecule has 2 amide bonds. The van der Waals surface area contributed by atoms with Gasteiger partial charge in [-0.05, 0) is 36.7 Å². The summed E-state index contributed by atoms with van der Waals surface area (Å²) in [6.45, 7) is 0.433. The van der Waals surface area contributed by atoms with E-state index in [0.29, 0.717) is 31.5 Å². The molecule has 0 aliphatic heterocycles. The molecule has 2 aromatic heterocycles. The first kappa shape index (κ1) is 18.6. The molecule has 0 radical (unpaired) electrons. The van der Waals surface area contributed by atoms with Crippen LogP contribution in [0.25, 0.3) is 10.9 Å². The maximum Gasteiger partial charge on any atom is 0.247 e. The van der Waals surface area contributed by atoms with Crippen molar-refractivity contribution in [1.82, 2.24) is 15.3 Å². The summed E-state index contributed by atoms with van der Waals surface area (Å²) in [5, 5.41) is 6.68. The highest BCUT2D eigenvalue weighted by Crippen LogP contribution is 2.19. The largest absolute Gasteiger partial charge is 0.361 e. The first-order valence-electron chi connectivity index (χ1n) is 8.92. The van der Waals surface area contributed by atoms with Gasteiger partial charge in [-0.15, -0.1) is 0 Å². The van der Waals surface area contributed by atoms with E-state index in [4.69, 9.17) is 5.73 Å². The Morgan fingerprint density at radius 3 is 2.81 bits per heavy atom. The maximum atomic E-state index is 12.8. The number of amides is 2. The number of pyridine rings is 1.